The minimum Gasteiger partial charge on any atom is -0.423 e. The van der Waals surface area contributed by atoms with Crippen molar-refractivity contribution in [2.45, 2.75) is 6.18 Å². The summed E-state index contributed by atoms with van der Waals surface area (Å²) >= 11 is 0. The van der Waals surface area contributed by atoms with Crippen LogP contribution in [-0.2, 0) is 11.0 Å². The highest BCUT2D eigenvalue weighted by atomic mass is 19.4. The van der Waals surface area contributed by atoms with E-state index in [4.69, 9.17) is 4.74 Å². The Hall–Kier alpha value is -3.34. The number of benzene rings is 3. The number of alkyl halides is 3. The van der Waals surface area contributed by atoms with E-state index in [1.165, 1.54) is 18.2 Å². The molecule has 0 aliphatic rings. The standard InChI is InChI=1S/C22H15F3O2/c23-22(24,25)19-8-4-5-16(15-19)9-14-21(26)27-20-12-10-18(11-13-20)17-6-2-1-3-7-17/h1-15H/b14-9+. The highest BCUT2D eigenvalue weighted by molar-refractivity contribution is 5.88. The molecular weight excluding hydrogens is 353 g/mol. The topological polar surface area (TPSA) is 26.3 Å². The van der Waals surface area contributed by atoms with Gasteiger partial charge in [0, 0.05) is 6.08 Å². The molecule has 2 nitrogen and oxygen atoms in total. The first-order chi connectivity index (χ1) is 12.9. The molecule has 0 saturated heterocycles. The summed E-state index contributed by atoms with van der Waals surface area (Å²) in [5.74, 6) is -0.312. The number of carbonyl (C=O) groups excluding carboxylic acids is 1. The van der Waals surface area contributed by atoms with Crippen LogP contribution >= 0.6 is 0 Å². The van der Waals surface area contributed by atoms with Crippen molar-refractivity contribution in [2.24, 2.45) is 0 Å². The van der Waals surface area contributed by atoms with Gasteiger partial charge in [0.05, 0.1) is 5.56 Å². The van der Waals surface area contributed by atoms with Gasteiger partial charge >= 0.3 is 12.1 Å². The zero-order valence-corrected chi connectivity index (χ0v) is 14.1. The third-order valence-electron chi connectivity index (χ3n) is 3.81. The zero-order chi connectivity index (χ0) is 19.3. The van der Waals surface area contributed by atoms with Gasteiger partial charge in [0.1, 0.15) is 5.75 Å². The minimum atomic E-state index is -4.43. The number of rotatable bonds is 4. The lowest BCUT2D eigenvalue weighted by Crippen LogP contribution is -2.05. The van der Waals surface area contributed by atoms with Crippen molar-refractivity contribution in [1.29, 1.82) is 0 Å². The molecule has 3 aromatic rings. The van der Waals surface area contributed by atoms with E-state index in [0.717, 1.165) is 29.3 Å². The predicted molar refractivity (Wildman–Crippen MR) is 98.0 cm³/mol. The fourth-order valence-electron chi connectivity index (χ4n) is 2.48. The first-order valence-corrected chi connectivity index (χ1v) is 8.14. The van der Waals surface area contributed by atoms with E-state index in [2.05, 4.69) is 0 Å². The maximum absolute atomic E-state index is 12.7. The summed E-state index contributed by atoms with van der Waals surface area (Å²) in [6, 6.07) is 21.4. The summed E-state index contributed by atoms with van der Waals surface area (Å²) in [6.07, 6.45) is -2.04. The zero-order valence-electron chi connectivity index (χ0n) is 14.1. The molecule has 3 aromatic carbocycles. The van der Waals surface area contributed by atoms with Crippen LogP contribution in [0.3, 0.4) is 0 Å². The van der Waals surface area contributed by atoms with Crippen LogP contribution in [0.4, 0.5) is 13.2 Å². The third-order valence-corrected chi connectivity index (χ3v) is 3.81. The molecule has 0 radical (unpaired) electrons. The Morgan fingerprint density at radius 1 is 0.815 bits per heavy atom. The average molecular weight is 368 g/mol. The second kappa shape index (κ2) is 7.91. The van der Waals surface area contributed by atoms with E-state index in [-0.39, 0.29) is 5.56 Å². The first kappa shape index (κ1) is 18.5. The van der Waals surface area contributed by atoms with Gasteiger partial charge in [-0.2, -0.15) is 13.2 Å². The van der Waals surface area contributed by atoms with Crippen LogP contribution in [0.15, 0.2) is 84.9 Å². The number of hydrogen-bond donors (Lipinski definition) is 0. The quantitative estimate of drug-likeness (QED) is 0.321. The second-order valence-corrected chi connectivity index (χ2v) is 5.77. The molecule has 136 valence electrons. The van der Waals surface area contributed by atoms with E-state index in [0.29, 0.717) is 5.75 Å². The maximum atomic E-state index is 12.7. The van der Waals surface area contributed by atoms with E-state index < -0.39 is 17.7 Å². The minimum absolute atomic E-state index is 0.265. The van der Waals surface area contributed by atoms with Crippen LogP contribution in [-0.4, -0.2) is 5.97 Å². The van der Waals surface area contributed by atoms with Crippen molar-refractivity contribution in [3.8, 4) is 16.9 Å². The second-order valence-electron chi connectivity index (χ2n) is 5.77. The van der Waals surface area contributed by atoms with Gasteiger partial charge in [-0.15, -0.1) is 0 Å². The first-order valence-electron chi connectivity index (χ1n) is 8.14. The molecule has 0 bridgehead atoms. The lowest BCUT2D eigenvalue weighted by molar-refractivity contribution is -0.137. The molecule has 0 aromatic heterocycles. The highest BCUT2D eigenvalue weighted by Gasteiger charge is 2.30. The van der Waals surface area contributed by atoms with Gasteiger partial charge < -0.3 is 4.74 Å². The number of esters is 1. The molecule has 3 rings (SSSR count). The number of carbonyl (C=O) groups is 1. The van der Waals surface area contributed by atoms with Crippen molar-refractivity contribution in [3.63, 3.8) is 0 Å². The Balaban J connectivity index is 1.65. The van der Waals surface area contributed by atoms with Crippen molar-refractivity contribution in [1.82, 2.24) is 0 Å². The van der Waals surface area contributed by atoms with Crippen molar-refractivity contribution in [2.75, 3.05) is 0 Å². The van der Waals surface area contributed by atoms with Crippen LogP contribution in [0, 0.1) is 0 Å². The molecule has 0 fully saturated rings. The summed E-state index contributed by atoms with van der Waals surface area (Å²) in [7, 11) is 0. The van der Waals surface area contributed by atoms with Crippen LogP contribution in [0.25, 0.3) is 17.2 Å². The maximum Gasteiger partial charge on any atom is 0.416 e. The lowest BCUT2D eigenvalue weighted by Gasteiger charge is -2.06. The van der Waals surface area contributed by atoms with Gasteiger partial charge in [-0.1, -0.05) is 54.6 Å². The Morgan fingerprint density at radius 3 is 2.15 bits per heavy atom. The number of ether oxygens (including phenoxy) is 1. The molecule has 0 aliphatic carbocycles. The monoisotopic (exact) mass is 368 g/mol. The summed E-state index contributed by atoms with van der Waals surface area (Å²) < 4.78 is 43.3. The van der Waals surface area contributed by atoms with E-state index in [1.807, 2.05) is 42.5 Å². The van der Waals surface area contributed by atoms with E-state index in [1.54, 1.807) is 12.1 Å². The molecule has 0 amide bonds. The summed E-state index contributed by atoms with van der Waals surface area (Å²) in [5.41, 5.74) is 1.52. The lowest BCUT2D eigenvalue weighted by atomic mass is 10.1. The summed E-state index contributed by atoms with van der Waals surface area (Å²) in [4.78, 5) is 11.9. The Morgan fingerprint density at radius 2 is 1.48 bits per heavy atom. The summed E-state index contributed by atoms with van der Waals surface area (Å²) in [6.45, 7) is 0. The fourth-order valence-corrected chi connectivity index (χ4v) is 2.48. The largest absolute Gasteiger partial charge is 0.423 e. The van der Waals surface area contributed by atoms with Gasteiger partial charge in [0.2, 0.25) is 0 Å². The molecule has 5 heteroatoms. The van der Waals surface area contributed by atoms with Crippen molar-refractivity contribution >= 4 is 12.0 Å². The van der Waals surface area contributed by atoms with E-state index >= 15 is 0 Å². The van der Waals surface area contributed by atoms with Gasteiger partial charge in [-0.05, 0) is 47.0 Å². The normalized spacial score (nSPS) is 11.5. The van der Waals surface area contributed by atoms with Gasteiger partial charge in [0.15, 0.2) is 0 Å². The molecule has 0 aliphatic heterocycles. The molecule has 0 heterocycles. The van der Waals surface area contributed by atoms with Gasteiger partial charge in [-0.25, -0.2) is 4.79 Å². The van der Waals surface area contributed by atoms with Crippen molar-refractivity contribution < 1.29 is 22.7 Å². The highest BCUT2D eigenvalue weighted by Crippen LogP contribution is 2.29. The Labute approximate surface area is 154 Å². The number of halogens is 3. The van der Waals surface area contributed by atoms with Gasteiger partial charge in [0.25, 0.3) is 0 Å². The Kier molecular flexibility index (Phi) is 5.41. The van der Waals surface area contributed by atoms with Crippen LogP contribution < -0.4 is 4.74 Å². The molecule has 0 N–H and O–H groups in total. The van der Waals surface area contributed by atoms with Crippen molar-refractivity contribution in [3.05, 3.63) is 96.1 Å². The molecular formula is C22H15F3O2. The smallest absolute Gasteiger partial charge is 0.416 e. The SMILES string of the molecule is O=C(/C=C/c1cccc(C(F)(F)F)c1)Oc1ccc(-c2ccccc2)cc1. The van der Waals surface area contributed by atoms with Crippen LogP contribution in [0.5, 0.6) is 5.75 Å². The Bertz CT molecular complexity index is 943. The predicted octanol–water partition coefficient (Wildman–Crippen LogP) is 5.99. The van der Waals surface area contributed by atoms with Crippen LogP contribution in [0.2, 0.25) is 0 Å². The molecule has 27 heavy (non-hydrogen) atoms. The number of hydrogen-bond acceptors (Lipinski definition) is 2. The third kappa shape index (κ3) is 5.07. The summed E-state index contributed by atoms with van der Waals surface area (Å²) in [5, 5.41) is 0. The van der Waals surface area contributed by atoms with Crippen LogP contribution in [0.1, 0.15) is 11.1 Å². The van der Waals surface area contributed by atoms with Gasteiger partial charge in [-0.3, -0.25) is 0 Å². The average Bonchev–Trinajstić information content (AvgIpc) is 2.67. The molecule has 0 spiro atoms. The molecule has 0 unspecified atom stereocenters. The molecule has 0 atom stereocenters. The molecule has 0 saturated carbocycles. The van der Waals surface area contributed by atoms with E-state index in [9.17, 15) is 18.0 Å². The fraction of sp³-hybridized carbons (Fsp3) is 0.0455.